The first-order valence-corrected chi connectivity index (χ1v) is 5.83. The van der Waals surface area contributed by atoms with Gasteiger partial charge in [0.2, 0.25) is 0 Å². The molecule has 2 aliphatic rings. The topological polar surface area (TPSA) is 18.5 Å². The molecule has 2 rings (SSSR count). The summed E-state index contributed by atoms with van der Waals surface area (Å²) in [6, 6.07) is 1.46. The molecule has 2 atom stereocenters. The zero-order chi connectivity index (χ0) is 10.1. The van der Waals surface area contributed by atoms with E-state index in [2.05, 4.69) is 36.0 Å². The smallest absolute Gasteiger partial charge is 0.0349 e. The molecule has 2 aliphatic heterocycles. The van der Waals surface area contributed by atoms with Gasteiger partial charge in [0.25, 0.3) is 0 Å². The Labute approximate surface area is 87.4 Å². The van der Waals surface area contributed by atoms with Crippen LogP contribution in [-0.2, 0) is 0 Å². The molecule has 0 amide bonds. The van der Waals surface area contributed by atoms with Crippen LogP contribution in [0.15, 0.2) is 0 Å². The molecule has 0 saturated carbocycles. The molecule has 0 aromatic rings. The lowest BCUT2D eigenvalue weighted by atomic mass is 9.98. The average molecular weight is 197 g/mol. The van der Waals surface area contributed by atoms with Crippen LogP contribution in [0.1, 0.15) is 13.8 Å². The van der Waals surface area contributed by atoms with Gasteiger partial charge in [0.05, 0.1) is 0 Å². The molecule has 0 spiro atoms. The van der Waals surface area contributed by atoms with Gasteiger partial charge in [-0.3, -0.25) is 4.90 Å². The molecule has 0 aliphatic carbocycles. The van der Waals surface area contributed by atoms with Crippen molar-refractivity contribution in [2.24, 2.45) is 5.92 Å². The molecule has 3 nitrogen and oxygen atoms in total. The Morgan fingerprint density at radius 3 is 2.71 bits per heavy atom. The highest BCUT2D eigenvalue weighted by molar-refractivity contribution is 4.91. The van der Waals surface area contributed by atoms with Crippen LogP contribution in [0, 0.1) is 5.92 Å². The predicted molar refractivity (Wildman–Crippen MR) is 59.5 cm³/mol. The van der Waals surface area contributed by atoms with Crippen molar-refractivity contribution in [3.05, 3.63) is 0 Å². The number of hydrogen-bond donors (Lipinski definition) is 1. The van der Waals surface area contributed by atoms with Crippen LogP contribution in [0.25, 0.3) is 0 Å². The van der Waals surface area contributed by atoms with Gasteiger partial charge in [-0.2, -0.15) is 0 Å². The molecule has 1 N–H and O–H groups in total. The van der Waals surface area contributed by atoms with E-state index in [0.717, 1.165) is 12.0 Å². The number of fused-ring (bicyclic) bond motifs is 1. The first kappa shape index (κ1) is 10.4. The van der Waals surface area contributed by atoms with E-state index >= 15 is 0 Å². The van der Waals surface area contributed by atoms with Crippen LogP contribution in [0.2, 0.25) is 0 Å². The molecule has 2 fully saturated rings. The van der Waals surface area contributed by atoms with Gasteiger partial charge >= 0.3 is 0 Å². The molecule has 0 radical (unpaired) electrons. The fourth-order valence-electron chi connectivity index (χ4n) is 2.53. The maximum atomic E-state index is 3.67. The Hall–Kier alpha value is -0.120. The van der Waals surface area contributed by atoms with Crippen molar-refractivity contribution in [3.8, 4) is 0 Å². The Bertz CT molecular complexity index is 193. The maximum Gasteiger partial charge on any atom is 0.0349 e. The number of likely N-dealkylation sites (N-methyl/N-ethyl adjacent to an activating group) is 1. The van der Waals surface area contributed by atoms with Crippen LogP contribution in [0.4, 0.5) is 0 Å². The largest absolute Gasteiger partial charge is 0.311 e. The Balaban J connectivity index is 1.91. The lowest BCUT2D eigenvalue weighted by Gasteiger charge is -2.46. The summed E-state index contributed by atoms with van der Waals surface area (Å²) in [6.45, 7) is 10.8. The minimum Gasteiger partial charge on any atom is -0.311 e. The maximum absolute atomic E-state index is 3.67. The van der Waals surface area contributed by atoms with E-state index in [0.29, 0.717) is 6.04 Å². The molecular formula is C11H23N3. The van der Waals surface area contributed by atoms with Crippen LogP contribution in [-0.4, -0.2) is 61.7 Å². The molecule has 0 aromatic carbocycles. The average Bonchev–Trinajstić information content (AvgIpc) is 2.16. The van der Waals surface area contributed by atoms with Crippen LogP contribution >= 0.6 is 0 Å². The second-order valence-corrected chi connectivity index (χ2v) is 5.17. The van der Waals surface area contributed by atoms with Gasteiger partial charge in [0.15, 0.2) is 0 Å². The third-order valence-corrected chi connectivity index (χ3v) is 3.66. The van der Waals surface area contributed by atoms with Crippen molar-refractivity contribution in [3.63, 3.8) is 0 Å². The Morgan fingerprint density at radius 1 is 1.21 bits per heavy atom. The van der Waals surface area contributed by atoms with E-state index in [1.165, 1.54) is 32.7 Å². The molecule has 0 aromatic heterocycles. The molecule has 82 valence electrons. The molecule has 1 unspecified atom stereocenters. The van der Waals surface area contributed by atoms with E-state index in [4.69, 9.17) is 0 Å². The van der Waals surface area contributed by atoms with Crippen molar-refractivity contribution < 1.29 is 0 Å². The zero-order valence-electron chi connectivity index (χ0n) is 9.66. The summed E-state index contributed by atoms with van der Waals surface area (Å²) in [5, 5.41) is 3.67. The summed E-state index contributed by atoms with van der Waals surface area (Å²) in [7, 11) is 2.23. The van der Waals surface area contributed by atoms with Gasteiger partial charge in [-0.05, 0) is 13.0 Å². The third kappa shape index (κ3) is 2.10. The highest BCUT2D eigenvalue weighted by Crippen LogP contribution is 2.16. The molecule has 3 heteroatoms. The fraction of sp³-hybridized carbons (Fsp3) is 1.00. The lowest BCUT2D eigenvalue weighted by molar-refractivity contribution is 0.0455. The van der Waals surface area contributed by atoms with Crippen molar-refractivity contribution >= 4 is 0 Å². The zero-order valence-corrected chi connectivity index (χ0v) is 9.66. The summed E-state index contributed by atoms with van der Waals surface area (Å²) < 4.78 is 0. The van der Waals surface area contributed by atoms with Gasteiger partial charge in [0, 0.05) is 44.8 Å². The number of nitrogens with zero attached hydrogens (tertiary/aromatic N) is 2. The van der Waals surface area contributed by atoms with Gasteiger partial charge in [-0.25, -0.2) is 0 Å². The van der Waals surface area contributed by atoms with Crippen molar-refractivity contribution in [2.45, 2.75) is 25.9 Å². The summed E-state index contributed by atoms with van der Waals surface area (Å²) in [5.41, 5.74) is 0. The fourth-order valence-corrected chi connectivity index (χ4v) is 2.53. The van der Waals surface area contributed by atoms with Crippen LogP contribution in [0.3, 0.4) is 0 Å². The van der Waals surface area contributed by atoms with E-state index < -0.39 is 0 Å². The molecule has 0 bridgehead atoms. The van der Waals surface area contributed by atoms with Gasteiger partial charge < -0.3 is 10.2 Å². The first-order chi connectivity index (χ1) is 6.66. The highest BCUT2D eigenvalue weighted by atomic mass is 15.3. The van der Waals surface area contributed by atoms with E-state index in [9.17, 15) is 0 Å². The van der Waals surface area contributed by atoms with Gasteiger partial charge in [-0.15, -0.1) is 0 Å². The Morgan fingerprint density at radius 2 is 2.00 bits per heavy atom. The Kier molecular flexibility index (Phi) is 3.10. The molecule has 2 saturated heterocycles. The van der Waals surface area contributed by atoms with Crippen molar-refractivity contribution in [1.29, 1.82) is 0 Å². The molecular weight excluding hydrogens is 174 g/mol. The summed E-state index contributed by atoms with van der Waals surface area (Å²) in [5.74, 6) is 0.760. The van der Waals surface area contributed by atoms with Crippen LogP contribution < -0.4 is 5.32 Å². The summed E-state index contributed by atoms with van der Waals surface area (Å²) in [6.07, 6.45) is 0. The monoisotopic (exact) mass is 197 g/mol. The lowest BCUT2D eigenvalue weighted by Crippen LogP contribution is -2.64. The number of nitrogens with one attached hydrogen (secondary N) is 1. The minimum atomic E-state index is 0.703. The van der Waals surface area contributed by atoms with Crippen molar-refractivity contribution in [2.75, 3.05) is 39.8 Å². The van der Waals surface area contributed by atoms with E-state index in [1.54, 1.807) is 0 Å². The van der Waals surface area contributed by atoms with Crippen molar-refractivity contribution in [1.82, 2.24) is 15.1 Å². The molecule has 2 heterocycles. The quantitative estimate of drug-likeness (QED) is 0.649. The second kappa shape index (κ2) is 4.17. The van der Waals surface area contributed by atoms with Crippen LogP contribution in [0.5, 0.6) is 0 Å². The highest BCUT2D eigenvalue weighted by Gasteiger charge is 2.32. The van der Waals surface area contributed by atoms with E-state index in [1.807, 2.05) is 0 Å². The normalized spacial score (nSPS) is 36.0. The standard InChI is InChI=1S/C11H23N3/c1-9(2)11-8-14-5-4-13(3)7-10(14)6-12-11/h9-12H,4-8H2,1-3H3/t10?,11-/m0/s1. The van der Waals surface area contributed by atoms with Gasteiger partial charge in [-0.1, -0.05) is 13.8 Å². The first-order valence-electron chi connectivity index (χ1n) is 5.83. The predicted octanol–water partition coefficient (Wildman–Crippen LogP) is 0.230. The minimum absolute atomic E-state index is 0.703. The third-order valence-electron chi connectivity index (χ3n) is 3.66. The number of hydrogen-bond acceptors (Lipinski definition) is 3. The second-order valence-electron chi connectivity index (χ2n) is 5.17. The van der Waals surface area contributed by atoms with Gasteiger partial charge in [0.1, 0.15) is 0 Å². The van der Waals surface area contributed by atoms with E-state index in [-0.39, 0.29) is 0 Å². The summed E-state index contributed by atoms with van der Waals surface area (Å²) in [4.78, 5) is 5.11. The molecule has 14 heavy (non-hydrogen) atoms. The number of rotatable bonds is 1. The SMILES string of the molecule is CC(C)[C@@H]1CN2CCN(C)CC2CN1. The number of piperazine rings is 2. The summed E-state index contributed by atoms with van der Waals surface area (Å²) >= 11 is 0.